The SMILES string of the molecule is CCNCC1(c2ccc(F)cc2Cl)CCC1. The third-order valence-electron chi connectivity index (χ3n) is 3.53. The first kappa shape index (κ1) is 11.9. The van der Waals surface area contributed by atoms with Crippen molar-refractivity contribution in [1.82, 2.24) is 5.32 Å². The maximum absolute atomic E-state index is 13.0. The minimum absolute atomic E-state index is 0.140. The van der Waals surface area contributed by atoms with Crippen LogP contribution in [-0.4, -0.2) is 13.1 Å². The third-order valence-corrected chi connectivity index (χ3v) is 3.84. The van der Waals surface area contributed by atoms with E-state index in [-0.39, 0.29) is 11.2 Å². The summed E-state index contributed by atoms with van der Waals surface area (Å²) in [5.74, 6) is -0.258. The predicted molar refractivity (Wildman–Crippen MR) is 65.5 cm³/mol. The highest BCUT2D eigenvalue weighted by Crippen LogP contribution is 2.45. The van der Waals surface area contributed by atoms with E-state index in [1.165, 1.54) is 18.6 Å². The van der Waals surface area contributed by atoms with Gasteiger partial charge in [-0.1, -0.05) is 31.0 Å². The fraction of sp³-hybridized carbons (Fsp3) is 0.538. The maximum atomic E-state index is 13.0. The van der Waals surface area contributed by atoms with Crippen molar-refractivity contribution in [3.63, 3.8) is 0 Å². The number of nitrogens with one attached hydrogen (secondary N) is 1. The molecular formula is C13H17ClFN. The van der Waals surface area contributed by atoms with E-state index >= 15 is 0 Å². The molecule has 0 radical (unpaired) electrons. The summed E-state index contributed by atoms with van der Waals surface area (Å²) in [6.45, 7) is 3.99. The van der Waals surface area contributed by atoms with Crippen LogP contribution in [0.3, 0.4) is 0 Å². The molecule has 0 bridgehead atoms. The Morgan fingerprint density at radius 2 is 2.19 bits per heavy atom. The first-order valence-electron chi connectivity index (χ1n) is 5.84. The molecule has 88 valence electrons. The second-order valence-corrected chi connectivity index (χ2v) is 4.95. The number of rotatable bonds is 4. The van der Waals surface area contributed by atoms with Gasteiger partial charge in [0.05, 0.1) is 0 Å². The summed E-state index contributed by atoms with van der Waals surface area (Å²) in [7, 11) is 0. The first-order valence-corrected chi connectivity index (χ1v) is 6.22. The molecule has 3 heteroatoms. The van der Waals surface area contributed by atoms with Gasteiger partial charge in [0.1, 0.15) is 5.82 Å². The number of halogens is 2. The monoisotopic (exact) mass is 241 g/mol. The van der Waals surface area contributed by atoms with E-state index in [0.29, 0.717) is 5.02 Å². The molecule has 1 nitrogen and oxygen atoms in total. The van der Waals surface area contributed by atoms with Crippen LogP contribution in [0.5, 0.6) is 0 Å². The van der Waals surface area contributed by atoms with Crippen molar-refractivity contribution in [1.29, 1.82) is 0 Å². The van der Waals surface area contributed by atoms with Gasteiger partial charge in [-0.05, 0) is 37.1 Å². The molecule has 1 aromatic rings. The molecule has 0 unspecified atom stereocenters. The maximum Gasteiger partial charge on any atom is 0.124 e. The zero-order valence-electron chi connectivity index (χ0n) is 9.52. The average Bonchev–Trinajstić information content (AvgIpc) is 2.19. The van der Waals surface area contributed by atoms with Crippen LogP contribution in [0, 0.1) is 5.82 Å². The van der Waals surface area contributed by atoms with Gasteiger partial charge in [0.2, 0.25) is 0 Å². The van der Waals surface area contributed by atoms with Gasteiger partial charge in [-0.2, -0.15) is 0 Å². The van der Waals surface area contributed by atoms with E-state index < -0.39 is 0 Å². The topological polar surface area (TPSA) is 12.0 Å². The van der Waals surface area contributed by atoms with Crippen LogP contribution in [0.15, 0.2) is 18.2 Å². The number of likely N-dealkylation sites (N-methyl/N-ethyl adjacent to an activating group) is 1. The van der Waals surface area contributed by atoms with E-state index in [2.05, 4.69) is 12.2 Å². The highest BCUT2D eigenvalue weighted by molar-refractivity contribution is 6.31. The molecule has 16 heavy (non-hydrogen) atoms. The molecule has 0 aromatic heterocycles. The van der Waals surface area contributed by atoms with Crippen molar-refractivity contribution >= 4 is 11.6 Å². The fourth-order valence-electron chi connectivity index (χ4n) is 2.43. The second-order valence-electron chi connectivity index (χ2n) is 4.54. The molecule has 0 saturated heterocycles. The highest BCUT2D eigenvalue weighted by Gasteiger charge is 2.39. The van der Waals surface area contributed by atoms with E-state index in [9.17, 15) is 4.39 Å². The Morgan fingerprint density at radius 3 is 2.69 bits per heavy atom. The van der Waals surface area contributed by atoms with E-state index in [0.717, 1.165) is 31.5 Å². The molecule has 1 aromatic carbocycles. The lowest BCUT2D eigenvalue weighted by Gasteiger charge is -2.43. The molecule has 2 rings (SSSR count). The van der Waals surface area contributed by atoms with Gasteiger partial charge in [0.25, 0.3) is 0 Å². The molecular weight excluding hydrogens is 225 g/mol. The Labute approximate surface area is 101 Å². The summed E-state index contributed by atoms with van der Waals surface area (Å²) in [4.78, 5) is 0. The van der Waals surface area contributed by atoms with E-state index in [4.69, 9.17) is 11.6 Å². The number of benzene rings is 1. The number of hydrogen-bond acceptors (Lipinski definition) is 1. The zero-order valence-corrected chi connectivity index (χ0v) is 10.3. The lowest BCUT2D eigenvalue weighted by molar-refractivity contribution is 0.235. The molecule has 1 N–H and O–H groups in total. The molecule has 1 aliphatic carbocycles. The highest BCUT2D eigenvalue weighted by atomic mass is 35.5. The van der Waals surface area contributed by atoms with Gasteiger partial charge < -0.3 is 5.32 Å². The minimum atomic E-state index is -0.258. The summed E-state index contributed by atoms with van der Waals surface area (Å²) in [6, 6.07) is 4.77. The summed E-state index contributed by atoms with van der Waals surface area (Å²) < 4.78 is 13.0. The quantitative estimate of drug-likeness (QED) is 0.851. The normalized spacial score (nSPS) is 18.2. The standard InChI is InChI=1S/C13H17ClFN/c1-2-16-9-13(6-3-7-13)11-5-4-10(15)8-12(11)14/h4-5,8,16H,2-3,6-7,9H2,1H3. The van der Waals surface area contributed by atoms with Gasteiger partial charge >= 0.3 is 0 Å². The van der Waals surface area contributed by atoms with Crippen LogP contribution in [0.25, 0.3) is 0 Å². The molecule has 0 amide bonds. The Hall–Kier alpha value is -0.600. The van der Waals surface area contributed by atoms with Crippen molar-refractivity contribution in [2.45, 2.75) is 31.6 Å². The zero-order chi connectivity index (χ0) is 11.6. The fourth-order valence-corrected chi connectivity index (χ4v) is 2.80. The van der Waals surface area contributed by atoms with E-state index in [1.807, 2.05) is 6.07 Å². The lowest BCUT2D eigenvalue weighted by Crippen LogP contribution is -2.44. The first-order chi connectivity index (χ1) is 7.68. The van der Waals surface area contributed by atoms with Crippen molar-refractivity contribution in [3.8, 4) is 0 Å². The second kappa shape index (κ2) is 4.72. The summed E-state index contributed by atoms with van der Waals surface area (Å²) in [6.07, 6.45) is 3.52. The summed E-state index contributed by atoms with van der Waals surface area (Å²) >= 11 is 6.14. The average molecular weight is 242 g/mol. The molecule has 0 spiro atoms. The van der Waals surface area contributed by atoms with Gasteiger partial charge in [-0.3, -0.25) is 0 Å². The van der Waals surface area contributed by atoms with Crippen molar-refractivity contribution < 1.29 is 4.39 Å². The van der Waals surface area contributed by atoms with Gasteiger partial charge in [0, 0.05) is 17.0 Å². The van der Waals surface area contributed by atoms with Gasteiger partial charge in [0.15, 0.2) is 0 Å². The smallest absolute Gasteiger partial charge is 0.124 e. The lowest BCUT2D eigenvalue weighted by atomic mass is 9.64. The Morgan fingerprint density at radius 1 is 1.44 bits per heavy atom. The van der Waals surface area contributed by atoms with E-state index in [1.54, 1.807) is 0 Å². The molecule has 1 saturated carbocycles. The van der Waals surface area contributed by atoms with Crippen LogP contribution < -0.4 is 5.32 Å². The van der Waals surface area contributed by atoms with Gasteiger partial charge in [-0.15, -0.1) is 0 Å². The van der Waals surface area contributed by atoms with Gasteiger partial charge in [-0.25, -0.2) is 4.39 Å². The van der Waals surface area contributed by atoms with Crippen molar-refractivity contribution in [2.75, 3.05) is 13.1 Å². The largest absolute Gasteiger partial charge is 0.316 e. The molecule has 1 aliphatic rings. The Bertz CT molecular complexity index is 374. The van der Waals surface area contributed by atoms with Crippen LogP contribution in [0.1, 0.15) is 31.7 Å². The molecule has 0 heterocycles. The summed E-state index contributed by atoms with van der Waals surface area (Å²) in [5.41, 5.74) is 1.24. The molecule has 1 fully saturated rings. The predicted octanol–water partition coefficient (Wildman–Crippen LogP) is 3.51. The molecule has 0 aliphatic heterocycles. The third kappa shape index (κ3) is 2.09. The van der Waals surface area contributed by atoms with Crippen LogP contribution in [0.2, 0.25) is 5.02 Å². The molecule has 0 atom stereocenters. The van der Waals surface area contributed by atoms with Crippen molar-refractivity contribution in [3.05, 3.63) is 34.6 Å². The minimum Gasteiger partial charge on any atom is -0.316 e. The van der Waals surface area contributed by atoms with Crippen molar-refractivity contribution in [2.24, 2.45) is 0 Å². The van der Waals surface area contributed by atoms with Crippen LogP contribution >= 0.6 is 11.6 Å². The Balaban J connectivity index is 2.26. The number of hydrogen-bond donors (Lipinski definition) is 1. The Kier molecular flexibility index (Phi) is 3.50. The van der Waals surface area contributed by atoms with Crippen LogP contribution in [0.4, 0.5) is 4.39 Å². The summed E-state index contributed by atoms with van der Waals surface area (Å²) in [5, 5.41) is 3.95. The van der Waals surface area contributed by atoms with Crippen LogP contribution in [-0.2, 0) is 5.41 Å².